The summed E-state index contributed by atoms with van der Waals surface area (Å²) in [6.45, 7) is 0.0974. The van der Waals surface area contributed by atoms with E-state index >= 15 is 0 Å². The van der Waals surface area contributed by atoms with Gasteiger partial charge in [-0.15, -0.1) is 25.7 Å². The Morgan fingerprint density at radius 2 is 0.822 bits per heavy atom. The predicted octanol–water partition coefficient (Wildman–Crippen LogP) is 3.34. The molecule has 0 spiro atoms. The van der Waals surface area contributed by atoms with Crippen molar-refractivity contribution in [3.8, 4) is 166 Å². The zero-order valence-corrected chi connectivity index (χ0v) is 25.1. The summed E-state index contributed by atoms with van der Waals surface area (Å²) in [7, 11) is -2.94. The van der Waals surface area contributed by atoms with E-state index in [1.54, 1.807) is 0 Å². The van der Waals surface area contributed by atoms with Crippen LogP contribution in [0.15, 0.2) is 24.3 Å². The van der Waals surface area contributed by atoms with Gasteiger partial charge in [0.1, 0.15) is 0 Å². The van der Waals surface area contributed by atoms with E-state index in [9.17, 15) is 0 Å². The fourth-order valence-electron chi connectivity index (χ4n) is 3.88. The van der Waals surface area contributed by atoms with Crippen LogP contribution in [0.3, 0.4) is 0 Å². The molecule has 45 heavy (non-hydrogen) atoms. The molecule has 2 aromatic rings. The van der Waals surface area contributed by atoms with E-state index in [1.165, 1.54) is 0 Å². The highest BCUT2D eigenvalue weighted by molar-refractivity contribution is 7.75. The van der Waals surface area contributed by atoms with E-state index in [1.807, 2.05) is 24.3 Å². The van der Waals surface area contributed by atoms with Crippen LogP contribution in [0.2, 0.25) is 0 Å². The Kier molecular flexibility index (Phi) is 11.5. The Morgan fingerprint density at radius 3 is 1.16 bits per heavy atom. The second-order valence-corrected chi connectivity index (χ2v) is 11.2. The van der Waals surface area contributed by atoms with Crippen LogP contribution >= 0.6 is 15.8 Å². The molecule has 2 heterocycles. The summed E-state index contributed by atoms with van der Waals surface area (Å²) in [4.78, 5) is 0. The van der Waals surface area contributed by atoms with Crippen LogP contribution in [-0.2, 0) is 6.42 Å². The first-order valence-corrected chi connectivity index (χ1v) is 15.2. The average molecular weight is 608 g/mol. The van der Waals surface area contributed by atoms with Gasteiger partial charge in [-0.05, 0) is 142 Å². The van der Waals surface area contributed by atoms with E-state index in [-0.39, 0.29) is 13.6 Å². The number of rotatable bonds is 4. The molecule has 6 heteroatoms. The fraction of sp³-hybridized carbons (Fsp3) is 0.0769. The average Bonchev–Trinajstić information content (AvgIpc) is 3.74. The minimum absolute atomic E-state index is 0.0487. The van der Waals surface area contributed by atoms with Crippen molar-refractivity contribution in [1.82, 2.24) is 0 Å². The highest BCUT2D eigenvalue weighted by atomic mass is 31.1. The van der Waals surface area contributed by atoms with Gasteiger partial charge in [0.2, 0.25) is 13.6 Å². The maximum atomic E-state index is 5.97. The zero-order valence-electron chi connectivity index (χ0n) is 23.3. The number of benzene rings is 2. The Labute approximate surface area is 266 Å². The van der Waals surface area contributed by atoms with E-state index in [0.29, 0.717) is 29.4 Å². The number of hydrogen-bond acceptors (Lipinski definition) is 4. The third-order valence-corrected chi connectivity index (χ3v) is 8.67. The molecule has 0 atom stereocenters. The molecule has 2 aliphatic rings. The standard InChI is InChI=1S/C39H14O4P2/c1-5-9-13-17-25-44(26-18-14-10-6-2)36-23-21-34-38(42-30-40-34)32(36)29-33-37(24-22-35-39(33)43-31-41-35)45(27-19-15-11-7-3)28-20-16-12-8-4/h1-4,21-24H,29-31H2. The van der Waals surface area contributed by atoms with Crippen LogP contribution in [-0.4, -0.2) is 13.6 Å². The van der Waals surface area contributed by atoms with Crippen LogP contribution < -0.4 is 29.6 Å². The van der Waals surface area contributed by atoms with E-state index in [2.05, 4.69) is 117 Å². The molecule has 0 amide bonds. The molecule has 0 fully saturated rings. The first kappa shape index (κ1) is 31.2. The molecule has 2 aromatic carbocycles. The quantitative estimate of drug-likeness (QED) is 0.395. The second-order valence-electron chi connectivity index (χ2n) is 7.97. The fourth-order valence-corrected chi connectivity index (χ4v) is 6.49. The van der Waals surface area contributed by atoms with Crippen LogP contribution in [0.25, 0.3) is 0 Å². The van der Waals surface area contributed by atoms with Crippen LogP contribution in [0.5, 0.6) is 23.0 Å². The number of hydrogen-bond donors (Lipinski definition) is 0. The van der Waals surface area contributed by atoms with Crippen LogP contribution in [0.1, 0.15) is 11.1 Å². The smallest absolute Gasteiger partial charge is 0.231 e. The molecule has 0 bridgehead atoms. The molecular formula is C39H14O4P2. The van der Waals surface area contributed by atoms with Crippen LogP contribution in [0, 0.1) is 143 Å². The number of ether oxygens (including phenoxy) is 4. The van der Waals surface area contributed by atoms with Gasteiger partial charge in [-0.2, -0.15) is 0 Å². The summed E-state index contributed by atoms with van der Waals surface area (Å²) in [6.07, 6.45) is 21.3. The lowest BCUT2D eigenvalue weighted by atomic mass is 10.0. The highest BCUT2D eigenvalue weighted by Crippen LogP contribution is 2.46. The van der Waals surface area contributed by atoms with Crippen molar-refractivity contribution in [3.05, 3.63) is 35.4 Å². The van der Waals surface area contributed by atoms with E-state index < -0.39 is 15.8 Å². The lowest BCUT2D eigenvalue weighted by Gasteiger charge is -2.18. The van der Waals surface area contributed by atoms with Gasteiger partial charge < -0.3 is 18.9 Å². The minimum atomic E-state index is -1.47. The molecule has 0 unspecified atom stereocenters. The highest BCUT2D eigenvalue weighted by Gasteiger charge is 2.29. The van der Waals surface area contributed by atoms with Gasteiger partial charge in [0.15, 0.2) is 23.0 Å². The lowest BCUT2D eigenvalue weighted by Crippen LogP contribution is -2.15. The molecule has 0 aliphatic carbocycles. The Morgan fingerprint density at radius 1 is 0.467 bits per heavy atom. The lowest BCUT2D eigenvalue weighted by molar-refractivity contribution is 0.173. The monoisotopic (exact) mass is 608 g/mol. The summed E-state index contributed by atoms with van der Waals surface area (Å²) < 4.78 is 23.4. The Hall–Kier alpha value is -6.78. The third-order valence-electron chi connectivity index (χ3n) is 5.53. The molecule has 2 aliphatic heterocycles. The largest absolute Gasteiger partial charge is 0.454 e. The predicted molar refractivity (Wildman–Crippen MR) is 179 cm³/mol. The first-order chi connectivity index (χ1) is 22.2. The molecule has 4 nitrogen and oxygen atoms in total. The molecule has 4 rings (SSSR count). The number of terminal acetylenes is 4. The van der Waals surface area contributed by atoms with Crippen molar-refractivity contribution in [1.29, 1.82) is 0 Å². The number of fused-ring (bicyclic) bond motifs is 2. The van der Waals surface area contributed by atoms with Crippen molar-refractivity contribution < 1.29 is 18.9 Å². The maximum absolute atomic E-state index is 5.97. The minimum Gasteiger partial charge on any atom is -0.454 e. The van der Waals surface area contributed by atoms with Crippen LogP contribution in [0.4, 0.5) is 0 Å². The van der Waals surface area contributed by atoms with Gasteiger partial charge in [-0.3, -0.25) is 0 Å². The molecular weight excluding hydrogens is 594 g/mol. The second kappa shape index (κ2) is 16.6. The topological polar surface area (TPSA) is 36.9 Å². The van der Waals surface area contributed by atoms with Crippen molar-refractivity contribution >= 4 is 26.5 Å². The molecule has 0 aromatic heterocycles. The molecule has 204 valence electrons. The van der Waals surface area contributed by atoms with Crippen molar-refractivity contribution in [2.45, 2.75) is 6.42 Å². The maximum Gasteiger partial charge on any atom is 0.231 e. The summed E-state index contributed by atoms with van der Waals surface area (Å²) in [5.41, 5.74) is 14.1. The van der Waals surface area contributed by atoms with Gasteiger partial charge in [0.25, 0.3) is 0 Å². The molecule has 0 saturated heterocycles. The summed E-state index contributed by atoms with van der Waals surface area (Å²) in [6, 6.07) is 7.42. The van der Waals surface area contributed by atoms with Gasteiger partial charge in [0.05, 0.1) is 15.8 Å². The Bertz CT molecular complexity index is 2000. The molecule has 0 N–H and O–H groups in total. The van der Waals surface area contributed by atoms with Crippen molar-refractivity contribution in [3.63, 3.8) is 0 Å². The normalized spacial score (nSPS) is 9.73. The first-order valence-electron chi connectivity index (χ1n) is 12.5. The Balaban J connectivity index is 1.95. The van der Waals surface area contributed by atoms with Crippen molar-refractivity contribution in [2.75, 3.05) is 13.6 Å². The summed E-state index contributed by atoms with van der Waals surface area (Å²) in [5, 5.41) is 1.59. The zero-order chi connectivity index (χ0) is 31.7. The molecule has 0 saturated carbocycles. The van der Waals surface area contributed by atoms with E-state index in [0.717, 1.165) is 21.7 Å². The summed E-state index contributed by atoms with van der Waals surface area (Å²) >= 11 is 0. The van der Waals surface area contributed by atoms with Gasteiger partial charge in [0, 0.05) is 28.2 Å². The van der Waals surface area contributed by atoms with E-state index in [4.69, 9.17) is 44.6 Å². The molecule has 0 radical (unpaired) electrons. The van der Waals surface area contributed by atoms with Gasteiger partial charge >= 0.3 is 0 Å². The van der Waals surface area contributed by atoms with Crippen molar-refractivity contribution in [2.24, 2.45) is 0 Å². The SMILES string of the molecule is C#CC#CC#CP(C#CC#CC#C)c1ccc2c(c1Cc1c(P(C#CC#CC#C)C#CC#CC#C)ccc3c1OCO3)OCO2. The van der Waals surface area contributed by atoms with Gasteiger partial charge in [-0.1, -0.05) is 0 Å². The summed E-state index contributed by atoms with van der Waals surface area (Å²) in [5.74, 6) is 43.0. The van der Waals surface area contributed by atoms with Gasteiger partial charge in [-0.25, -0.2) is 0 Å². The third kappa shape index (κ3) is 8.16.